The molecule has 0 saturated heterocycles. The zero-order valence-corrected chi connectivity index (χ0v) is 16.7. The maximum Gasteiger partial charge on any atom is 0.339 e. The molecule has 2 N–H and O–H groups in total. The van der Waals surface area contributed by atoms with Gasteiger partial charge in [0.1, 0.15) is 6.10 Å². The van der Waals surface area contributed by atoms with Crippen molar-refractivity contribution in [1.82, 2.24) is 0 Å². The first kappa shape index (κ1) is 20.1. The summed E-state index contributed by atoms with van der Waals surface area (Å²) < 4.78 is 6.08. The molecule has 0 spiro atoms. The Labute approximate surface area is 162 Å². The molecule has 2 aliphatic carbocycles. The summed E-state index contributed by atoms with van der Waals surface area (Å²) in [5, 5.41) is 20.6. The third kappa shape index (κ3) is 3.23. The number of fused-ring (bicyclic) bond motifs is 1. The largest absolute Gasteiger partial charge is 0.454 e. The van der Waals surface area contributed by atoms with E-state index in [0.29, 0.717) is 12.0 Å². The number of hydrogen-bond acceptors (Lipinski definition) is 4. The van der Waals surface area contributed by atoms with E-state index >= 15 is 0 Å². The van der Waals surface area contributed by atoms with E-state index in [4.69, 9.17) is 4.74 Å². The van der Waals surface area contributed by atoms with E-state index in [9.17, 15) is 15.0 Å². The lowest BCUT2D eigenvalue weighted by molar-refractivity contribution is -0.167. The van der Waals surface area contributed by atoms with Gasteiger partial charge in [0.15, 0.2) is 0 Å². The number of aryl methyl sites for hydroxylation is 1. The molecule has 0 aromatic heterocycles. The summed E-state index contributed by atoms with van der Waals surface area (Å²) in [5.74, 6) is -0.235. The van der Waals surface area contributed by atoms with Gasteiger partial charge >= 0.3 is 5.97 Å². The molecule has 0 amide bonds. The summed E-state index contributed by atoms with van der Waals surface area (Å²) in [6.45, 7) is 10.3. The Morgan fingerprint density at radius 3 is 2.67 bits per heavy atom. The van der Waals surface area contributed by atoms with Crippen LogP contribution >= 0.6 is 0 Å². The second-order valence-corrected chi connectivity index (χ2v) is 8.77. The van der Waals surface area contributed by atoms with Crippen LogP contribution in [0.4, 0.5) is 0 Å². The molecule has 3 rings (SSSR count). The molecule has 0 heterocycles. The number of benzene rings is 1. The van der Waals surface area contributed by atoms with Crippen molar-refractivity contribution in [2.45, 2.75) is 65.1 Å². The van der Waals surface area contributed by atoms with E-state index < -0.39 is 17.6 Å². The minimum atomic E-state index is -0.584. The number of carbonyl (C=O) groups excluding carboxylic acids is 1. The molecule has 2 fully saturated rings. The van der Waals surface area contributed by atoms with Crippen LogP contribution in [0.3, 0.4) is 0 Å². The van der Waals surface area contributed by atoms with Crippen molar-refractivity contribution in [3.8, 4) is 0 Å². The first-order valence-electron chi connectivity index (χ1n) is 10.0. The second kappa shape index (κ2) is 7.40. The number of rotatable bonds is 4. The van der Waals surface area contributed by atoms with Crippen LogP contribution in [0.1, 0.15) is 62.4 Å². The van der Waals surface area contributed by atoms with Gasteiger partial charge in [-0.25, -0.2) is 4.79 Å². The zero-order chi connectivity index (χ0) is 19.8. The second-order valence-electron chi connectivity index (χ2n) is 8.77. The molecule has 5 atom stereocenters. The average molecular weight is 373 g/mol. The number of esters is 1. The van der Waals surface area contributed by atoms with Gasteiger partial charge in [0.25, 0.3) is 0 Å². The van der Waals surface area contributed by atoms with E-state index in [1.165, 1.54) is 0 Å². The highest BCUT2D eigenvalue weighted by Crippen LogP contribution is 2.59. The van der Waals surface area contributed by atoms with Crippen LogP contribution in [-0.4, -0.2) is 35.0 Å². The standard InChI is InChI=1S/C23H32O4/c1-5-16-8-6-7-9-17(16)21(26)27-20-15(2)10-11-18-22(20,3)13-12-19(25)23(18,4)14-24/h6-9,18-20,24-25H,2,5,10-14H2,1,3-4H3/t18?,19-,20-,22+,23+/m1/s1. The summed E-state index contributed by atoms with van der Waals surface area (Å²) in [5.41, 5.74) is 1.61. The first-order chi connectivity index (χ1) is 12.8. The molecule has 0 radical (unpaired) electrons. The lowest BCUT2D eigenvalue weighted by Crippen LogP contribution is -2.59. The van der Waals surface area contributed by atoms with E-state index in [2.05, 4.69) is 13.5 Å². The Balaban J connectivity index is 1.92. The molecule has 4 nitrogen and oxygen atoms in total. The third-order valence-corrected chi connectivity index (χ3v) is 7.22. The van der Waals surface area contributed by atoms with E-state index in [1.54, 1.807) is 0 Å². The Bertz CT molecular complexity index is 727. The van der Waals surface area contributed by atoms with Crippen LogP contribution in [0.5, 0.6) is 0 Å². The Hall–Kier alpha value is -1.65. The summed E-state index contributed by atoms with van der Waals surface area (Å²) in [4.78, 5) is 13.0. The van der Waals surface area contributed by atoms with Gasteiger partial charge in [-0.15, -0.1) is 0 Å². The molecule has 1 aromatic rings. The smallest absolute Gasteiger partial charge is 0.339 e. The van der Waals surface area contributed by atoms with Gasteiger partial charge in [-0.05, 0) is 55.2 Å². The van der Waals surface area contributed by atoms with Crippen molar-refractivity contribution in [3.63, 3.8) is 0 Å². The quantitative estimate of drug-likeness (QED) is 0.621. The lowest BCUT2D eigenvalue weighted by Gasteiger charge is -2.58. The van der Waals surface area contributed by atoms with Gasteiger partial charge in [-0.1, -0.05) is 45.5 Å². The molecule has 1 unspecified atom stereocenters. The first-order valence-corrected chi connectivity index (χ1v) is 10.0. The van der Waals surface area contributed by atoms with E-state index in [-0.39, 0.29) is 23.9 Å². The number of ether oxygens (including phenoxy) is 1. The van der Waals surface area contributed by atoms with Gasteiger partial charge in [-0.2, -0.15) is 0 Å². The van der Waals surface area contributed by atoms with Gasteiger partial charge in [-0.3, -0.25) is 0 Å². The molecule has 0 aliphatic heterocycles. The third-order valence-electron chi connectivity index (χ3n) is 7.22. The fraction of sp³-hybridized carbons (Fsp3) is 0.609. The van der Waals surface area contributed by atoms with Crippen molar-refractivity contribution in [3.05, 3.63) is 47.5 Å². The van der Waals surface area contributed by atoms with Crippen LogP contribution < -0.4 is 0 Å². The lowest BCUT2D eigenvalue weighted by atomic mass is 9.49. The minimum absolute atomic E-state index is 0.0692. The maximum absolute atomic E-state index is 13.0. The van der Waals surface area contributed by atoms with Gasteiger partial charge in [0.05, 0.1) is 18.3 Å². The highest BCUT2D eigenvalue weighted by atomic mass is 16.5. The Kier molecular flexibility index (Phi) is 5.51. The van der Waals surface area contributed by atoms with Crippen molar-refractivity contribution < 1.29 is 19.7 Å². The fourth-order valence-corrected chi connectivity index (χ4v) is 5.47. The van der Waals surface area contributed by atoms with Crippen LogP contribution in [0.15, 0.2) is 36.4 Å². The zero-order valence-electron chi connectivity index (χ0n) is 16.7. The van der Waals surface area contributed by atoms with Crippen LogP contribution in [-0.2, 0) is 11.2 Å². The monoisotopic (exact) mass is 372 g/mol. The SMILES string of the molecule is C=C1CCC2[C@](C)(CO)[C@H](O)CC[C@]2(C)[C@@H]1OC(=O)c1ccccc1CC. The number of hydrogen-bond donors (Lipinski definition) is 2. The van der Waals surface area contributed by atoms with E-state index in [1.807, 2.05) is 38.1 Å². The Morgan fingerprint density at radius 1 is 1.30 bits per heavy atom. The topological polar surface area (TPSA) is 66.8 Å². The predicted octanol–water partition coefficient (Wildman–Crippen LogP) is 3.90. The van der Waals surface area contributed by atoms with Crippen molar-refractivity contribution >= 4 is 5.97 Å². The van der Waals surface area contributed by atoms with Crippen molar-refractivity contribution in [2.24, 2.45) is 16.7 Å². The van der Waals surface area contributed by atoms with Crippen molar-refractivity contribution in [1.29, 1.82) is 0 Å². The van der Waals surface area contributed by atoms with Crippen LogP contribution in [0, 0.1) is 16.7 Å². The van der Waals surface area contributed by atoms with Crippen molar-refractivity contribution in [2.75, 3.05) is 6.61 Å². The number of aliphatic hydroxyl groups excluding tert-OH is 2. The van der Waals surface area contributed by atoms with Gasteiger partial charge in [0.2, 0.25) is 0 Å². The molecule has 2 saturated carbocycles. The summed E-state index contributed by atoms with van der Waals surface area (Å²) in [6, 6.07) is 7.56. The summed E-state index contributed by atoms with van der Waals surface area (Å²) >= 11 is 0. The van der Waals surface area contributed by atoms with Gasteiger partial charge < -0.3 is 14.9 Å². The van der Waals surface area contributed by atoms with E-state index in [0.717, 1.165) is 36.8 Å². The predicted molar refractivity (Wildman–Crippen MR) is 105 cm³/mol. The fourth-order valence-electron chi connectivity index (χ4n) is 5.47. The summed E-state index contributed by atoms with van der Waals surface area (Å²) in [6.07, 6.45) is 2.78. The average Bonchev–Trinajstić information content (AvgIpc) is 2.67. The molecule has 4 heteroatoms. The highest BCUT2D eigenvalue weighted by Gasteiger charge is 2.59. The number of aliphatic hydroxyl groups is 2. The molecular weight excluding hydrogens is 340 g/mol. The molecule has 2 aliphatic rings. The number of carbonyl (C=O) groups is 1. The van der Waals surface area contributed by atoms with Gasteiger partial charge in [0, 0.05) is 10.8 Å². The Morgan fingerprint density at radius 2 is 2.00 bits per heavy atom. The molecule has 27 heavy (non-hydrogen) atoms. The highest BCUT2D eigenvalue weighted by molar-refractivity contribution is 5.91. The normalized spacial score (nSPS) is 36.2. The molecule has 1 aromatic carbocycles. The molecule has 148 valence electrons. The maximum atomic E-state index is 13.0. The summed E-state index contributed by atoms with van der Waals surface area (Å²) in [7, 11) is 0. The minimum Gasteiger partial charge on any atom is -0.454 e. The molecular formula is C23H32O4. The van der Waals surface area contributed by atoms with Crippen LogP contribution in [0.2, 0.25) is 0 Å². The van der Waals surface area contributed by atoms with Crippen LogP contribution in [0.25, 0.3) is 0 Å². The molecule has 0 bridgehead atoms.